The molecule has 1 aromatic carbocycles. The van der Waals surface area contributed by atoms with Crippen molar-refractivity contribution in [3.05, 3.63) is 46.7 Å². The molecule has 1 fully saturated rings. The fourth-order valence-corrected chi connectivity index (χ4v) is 3.22. The summed E-state index contributed by atoms with van der Waals surface area (Å²) in [6, 6.07) is 12.8. The van der Waals surface area contributed by atoms with E-state index in [-0.39, 0.29) is 0 Å². The molecular formula is C17H22N2OS. The third-order valence-electron chi connectivity index (χ3n) is 3.72. The van der Waals surface area contributed by atoms with Gasteiger partial charge >= 0.3 is 0 Å². The summed E-state index contributed by atoms with van der Waals surface area (Å²) in [6.07, 6.45) is 3.75. The first-order chi connectivity index (χ1) is 10.3. The zero-order chi connectivity index (χ0) is 14.5. The van der Waals surface area contributed by atoms with Crippen LogP contribution in [0.1, 0.15) is 24.1 Å². The molecule has 112 valence electrons. The van der Waals surface area contributed by atoms with Crippen LogP contribution < -0.4 is 10.5 Å². The third-order valence-corrected chi connectivity index (χ3v) is 4.58. The maximum absolute atomic E-state index is 5.77. The summed E-state index contributed by atoms with van der Waals surface area (Å²) in [6.45, 7) is 2.93. The zero-order valence-corrected chi connectivity index (χ0v) is 13.0. The Balaban J connectivity index is 1.42. The molecule has 1 aliphatic rings. The summed E-state index contributed by atoms with van der Waals surface area (Å²) in [7, 11) is 0. The first kappa shape index (κ1) is 14.4. The van der Waals surface area contributed by atoms with Crippen molar-refractivity contribution in [1.82, 2.24) is 4.90 Å². The van der Waals surface area contributed by atoms with Gasteiger partial charge in [-0.2, -0.15) is 0 Å². The first-order valence-corrected chi connectivity index (χ1v) is 8.44. The van der Waals surface area contributed by atoms with Gasteiger partial charge in [-0.15, -0.1) is 11.3 Å². The van der Waals surface area contributed by atoms with E-state index in [1.807, 2.05) is 35.6 Å². The molecule has 1 heterocycles. The molecule has 0 radical (unpaired) electrons. The van der Waals surface area contributed by atoms with Crippen LogP contribution in [-0.2, 0) is 6.54 Å². The predicted octanol–water partition coefficient (Wildman–Crippen LogP) is 3.76. The molecule has 0 saturated heterocycles. The number of anilines is 1. The maximum atomic E-state index is 5.77. The Morgan fingerprint density at radius 2 is 2.14 bits per heavy atom. The molecule has 0 atom stereocenters. The second-order valence-corrected chi connectivity index (χ2v) is 6.59. The van der Waals surface area contributed by atoms with Gasteiger partial charge in [0.05, 0.1) is 6.61 Å². The minimum Gasteiger partial charge on any atom is -0.493 e. The molecule has 4 heteroatoms. The lowest BCUT2D eigenvalue weighted by molar-refractivity contribution is 0.222. The van der Waals surface area contributed by atoms with E-state index in [0.717, 1.165) is 43.6 Å². The normalized spacial score (nSPS) is 14.5. The standard InChI is InChI=1S/C17H22N2OS/c18-14-4-1-5-16(12-14)20-10-3-9-19(15-7-8-15)13-17-6-2-11-21-17/h1-2,4-6,11-12,15H,3,7-10,13,18H2. The largest absolute Gasteiger partial charge is 0.493 e. The van der Waals surface area contributed by atoms with Gasteiger partial charge in [-0.3, -0.25) is 4.90 Å². The minimum atomic E-state index is 0.747. The minimum absolute atomic E-state index is 0.747. The van der Waals surface area contributed by atoms with Crippen molar-refractivity contribution in [2.45, 2.75) is 31.8 Å². The number of nitrogen functional groups attached to an aromatic ring is 1. The molecule has 3 nitrogen and oxygen atoms in total. The van der Waals surface area contributed by atoms with Crippen molar-refractivity contribution >= 4 is 17.0 Å². The molecule has 0 spiro atoms. The Bertz CT molecular complexity index is 552. The van der Waals surface area contributed by atoms with Crippen LogP contribution >= 0.6 is 11.3 Å². The van der Waals surface area contributed by atoms with Crippen LogP contribution in [0.4, 0.5) is 5.69 Å². The molecule has 1 aliphatic carbocycles. The number of hydrogen-bond donors (Lipinski definition) is 1. The van der Waals surface area contributed by atoms with Gasteiger partial charge in [0.1, 0.15) is 5.75 Å². The number of benzene rings is 1. The van der Waals surface area contributed by atoms with Crippen molar-refractivity contribution in [3.8, 4) is 5.75 Å². The monoisotopic (exact) mass is 302 g/mol. The zero-order valence-electron chi connectivity index (χ0n) is 12.2. The number of thiophene rings is 1. The van der Waals surface area contributed by atoms with Gasteiger partial charge in [0.25, 0.3) is 0 Å². The van der Waals surface area contributed by atoms with Crippen LogP contribution in [0, 0.1) is 0 Å². The van der Waals surface area contributed by atoms with Gasteiger partial charge in [-0.05, 0) is 42.8 Å². The van der Waals surface area contributed by atoms with E-state index >= 15 is 0 Å². The van der Waals surface area contributed by atoms with Crippen LogP contribution in [0.2, 0.25) is 0 Å². The molecular weight excluding hydrogens is 280 g/mol. The van der Waals surface area contributed by atoms with Crippen LogP contribution in [0.3, 0.4) is 0 Å². The highest BCUT2D eigenvalue weighted by molar-refractivity contribution is 7.09. The quantitative estimate of drug-likeness (QED) is 0.596. The Morgan fingerprint density at radius 1 is 1.24 bits per heavy atom. The highest BCUT2D eigenvalue weighted by atomic mass is 32.1. The van der Waals surface area contributed by atoms with E-state index in [1.165, 1.54) is 17.7 Å². The van der Waals surface area contributed by atoms with Crippen LogP contribution in [-0.4, -0.2) is 24.1 Å². The predicted molar refractivity (Wildman–Crippen MR) is 88.7 cm³/mol. The molecule has 1 aromatic heterocycles. The number of nitrogens with zero attached hydrogens (tertiary/aromatic N) is 1. The lowest BCUT2D eigenvalue weighted by Crippen LogP contribution is -2.27. The second kappa shape index (κ2) is 6.96. The fourth-order valence-electron chi connectivity index (χ4n) is 2.50. The highest BCUT2D eigenvalue weighted by Gasteiger charge is 2.28. The maximum Gasteiger partial charge on any atom is 0.121 e. The molecule has 0 unspecified atom stereocenters. The Morgan fingerprint density at radius 3 is 2.86 bits per heavy atom. The van der Waals surface area contributed by atoms with E-state index in [4.69, 9.17) is 10.5 Å². The molecule has 0 aliphatic heterocycles. The van der Waals surface area contributed by atoms with Gasteiger partial charge < -0.3 is 10.5 Å². The van der Waals surface area contributed by atoms with Crippen LogP contribution in [0.5, 0.6) is 5.75 Å². The lowest BCUT2D eigenvalue weighted by Gasteiger charge is -2.21. The van der Waals surface area contributed by atoms with Crippen molar-refractivity contribution in [2.24, 2.45) is 0 Å². The summed E-state index contributed by atoms with van der Waals surface area (Å²) in [4.78, 5) is 4.05. The summed E-state index contributed by atoms with van der Waals surface area (Å²) < 4.78 is 5.77. The molecule has 1 saturated carbocycles. The number of nitrogens with two attached hydrogens (primary N) is 1. The summed E-state index contributed by atoms with van der Waals surface area (Å²) >= 11 is 1.85. The van der Waals surface area contributed by atoms with E-state index < -0.39 is 0 Å². The molecule has 3 rings (SSSR count). The van der Waals surface area contributed by atoms with Crippen molar-refractivity contribution in [3.63, 3.8) is 0 Å². The Labute approximate surface area is 130 Å². The Hall–Kier alpha value is -1.52. The molecule has 2 N–H and O–H groups in total. The Kier molecular flexibility index (Phi) is 4.78. The summed E-state index contributed by atoms with van der Waals surface area (Å²) in [5.41, 5.74) is 6.50. The van der Waals surface area contributed by atoms with Crippen molar-refractivity contribution in [2.75, 3.05) is 18.9 Å². The van der Waals surface area contributed by atoms with Gasteiger partial charge in [0.2, 0.25) is 0 Å². The SMILES string of the molecule is Nc1cccc(OCCCN(Cc2cccs2)C2CC2)c1. The van der Waals surface area contributed by atoms with Gasteiger partial charge in [-0.25, -0.2) is 0 Å². The van der Waals surface area contributed by atoms with Crippen molar-refractivity contribution in [1.29, 1.82) is 0 Å². The van der Waals surface area contributed by atoms with E-state index in [2.05, 4.69) is 22.4 Å². The van der Waals surface area contributed by atoms with Crippen LogP contribution in [0.15, 0.2) is 41.8 Å². The summed E-state index contributed by atoms with van der Waals surface area (Å²) in [5.74, 6) is 0.867. The van der Waals surface area contributed by atoms with E-state index in [1.54, 1.807) is 0 Å². The topological polar surface area (TPSA) is 38.5 Å². The average Bonchev–Trinajstić information content (AvgIpc) is 3.20. The van der Waals surface area contributed by atoms with Crippen molar-refractivity contribution < 1.29 is 4.74 Å². The highest BCUT2D eigenvalue weighted by Crippen LogP contribution is 2.29. The molecule has 0 bridgehead atoms. The molecule has 2 aromatic rings. The first-order valence-electron chi connectivity index (χ1n) is 7.56. The van der Waals surface area contributed by atoms with Gasteiger partial charge in [-0.1, -0.05) is 12.1 Å². The third kappa shape index (κ3) is 4.48. The second-order valence-electron chi connectivity index (χ2n) is 5.56. The number of rotatable bonds is 8. The van der Waals surface area contributed by atoms with Crippen LogP contribution in [0.25, 0.3) is 0 Å². The summed E-state index contributed by atoms with van der Waals surface area (Å²) in [5, 5.41) is 2.16. The molecule has 0 amide bonds. The smallest absolute Gasteiger partial charge is 0.121 e. The van der Waals surface area contributed by atoms with Gasteiger partial charge in [0, 0.05) is 35.8 Å². The van der Waals surface area contributed by atoms with Gasteiger partial charge in [0.15, 0.2) is 0 Å². The number of hydrogen-bond acceptors (Lipinski definition) is 4. The van der Waals surface area contributed by atoms with E-state index in [9.17, 15) is 0 Å². The number of ether oxygens (including phenoxy) is 1. The van der Waals surface area contributed by atoms with E-state index in [0.29, 0.717) is 0 Å². The lowest BCUT2D eigenvalue weighted by atomic mass is 10.3. The average molecular weight is 302 g/mol. The molecule has 21 heavy (non-hydrogen) atoms. The fraction of sp³-hybridized carbons (Fsp3) is 0.412.